The van der Waals surface area contributed by atoms with Gasteiger partial charge < -0.3 is 14.2 Å². The molecule has 30 heavy (non-hydrogen) atoms. The second-order valence-electron chi connectivity index (χ2n) is 6.37. The second kappa shape index (κ2) is 10.1. The van der Waals surface area contributed by atoms with E-state index < -0.39 is 5.97 Å². The van der Waals surface area contributed by atoms with Crippen molar-refractivity contribution in [2.75, 3.05) is 14.2 Å². The van der Waals surface area contributed by atoms with Crippen molar-refractivity contribution >= 4 is 18.0 Å². The highest BCUT2D eigenvalue weighted by Crippen LogP contribution is 2.29. The maximum Gasteiger partial charge on any atom is 0.330 e. The van der Waals surface area contributed by atoms with E-state index in [0.717, 1.165) is 11.3 Å². The summed E-state index contributed by atoms with van der Waals surface area (Å²) in [4.78, 5) is 23.5. The standard InChI is InChI=1S/C23H22N2O5/c1-28-21-14-17(9-12-22(26)29-2)8-11-20(21)30-23(27)13-10-18-15-24-25(16-18)19-6-4-3-5-7-19/h3-9,11-12,14-16H,10,13H2,1-2H3/b12-9+. The zero-order chi connectivity index (χ0) is 21.3. The molecule has 0 aliphatic carbocycles. The molecule has 0 spiro atoms. The minimum Gasteiger partial charge on any atom is -0.493 e. The Morgan fingerprint density at radius 2 is 1.87 bits per heavy atom. The number of hydrogen-bond donors (Lipinski definition) is 0. The number of benzene rings is 2. The Morgan fingerprint density at radius 3 is 2.60 bits per heavy atom. The molecule has 1 aromatic heterocycles. The van der Waals surface area contributed by atoms with Crippen LogP contribution >= 0.6 is 0 Å². The summed E-state index contributed by atoms with van der Waals surface area (Å²) >= 11 is 0. The SMILES string of the molecule is COC(=O)/C=C/c1ccc(OC(=O)CCc2cnn(-c3ccccc3)c2)c(OC)c1. The molecule has 0 unspecified atom stereocenters. The number of hydrogen-bond acceptors (Lipinski definition) is 6. The highest BCUT2D eigenvalue weighted by atomic mass is 16.6. The average molecular weight is 406 g/mol. The molecule has 1 heterocycles. The predicted molar refractivity (Wildman–Crippen MR) is 112 cm³/mol. The zero-order valence-electron chi connectivity index (χ0n) is 16.8. The van der Waals surface area contributed by atoms with Gasteiger partial charge in [0.25, 0.3) is 0 Å². The van der Waals surface area contributed by atoms with Crippen LogP contribution in [0.15, 0.2) is 67.0 Å². The second-order valence-corrected chi connectivity index (χ2v) is 6.37. The summed E-state index contributed by atoms with van der Waals surface area (Å²) in [6.45, 7) is 0. The summed E-state index contributed by atoms with van der Waals surface area (Å²) in [5.74, 6) is -0.122. The molecule has 0 aliphatic rings. The molecule has 0 radical (unpaired) electrons. The molecule has 0 bridgehead atoms. The maximum absolute atomic E-state index is 12.3. The lowest BCUT2D eigenvalue weighted by molar-refractivity contribution is -0.135. The quantitative estimate of drug-likeness (QED) is 0.323. The number of aromatic nitrogens is 2. The topological polar surface area (TPSA) is 79.7 Å². The van der Waals surface area contributed by atoms with Crippen LogP contribution in [0.25, 0.3) is 11.8 Å². The first-order valence-corrected chi connectivity index (χ1v) is 9.33. The van der Waals surface area contributed by atoms with E-state index in [0.29, 0.717) is 23.5 Å². The Morgan fingerprint density at radius 1 is 1.07 bits per heavy atom. The van der Waals surface area contributed by atoms with Gasteiger partial charge in [-0.2, -0.15) is 5.10 Å². The lowest BCUT2D eigenvalue weighted by Crippen LogP contribution is -2.09. The van der Waals surface area contributed by atoms with E-state index in [-0.39, 0.29) is 12.4 Å². The number of methoxy groups -OCH3 is 2. The maximum atomic E-state index is 12.3. The Balaban J connectivity index is 1.59. The number of para-hydroxylation sites is 1. The van der Waals surface area contributed by atoms with Gasteiger partial charge in [0.1, 0.15) is 0 Å². The van der Waals surface area contributed by atoms with Crippen molar-refractivity contribution in [3.05, 3.63) is 78.1 Å². The van der Waals surface area contributed by atoms with Gasteiger partial charge in [0.05, 0.1) is 32.5 Å². The third-order valence-electron chi connectivity index (χ3n) is 4.30. The number of nitrogens with zero attached hydrogens (tertiary/aromatic N) is 2. The van der Waals surface area contributed by atoms with Crippen LogP contribution < -0.4 is 9.47 Å². The van der Waals surface area contributed by atoms with E-state index >= 15 is 0 Å². The van der Waals surface area contributed by atoms with Crippen molar-refractivity contribution in [3.8, 4) is 17.2 Å². The van der Waals surface area contributed by atoms with Crippen LogP contribution in [-0.4, -0.2) is 35.9 Å². The number of rotatable bonds is 8. The van der Waals surface area contributed by atoms with Crippen molar-refractivity contribution in [1.29, 1.82) is 0 Å². The number of ether oxygens (including phenoxy) is 3. The largest absolute Gasteiger partial charge is 0.493 e. The van der Waals surface area contributed by atoms with Crippen LogP contribution in [0.3, 0.4) is 0 Å². The van der Waals surface area contributed by atoms with Crippen LogP contribution in [0.2, 0.25) is 0 Å². The van der Waals surface area contributed by atoms with Crippen LogP contribution in [0.5, 0.6) is 11.5 Å². The van der Waals surface area contributed by atoms with Crippen molar-refractivity contribution in [3.63, 3.8) is 0 Å². The number of carbonyl (C=O) groups is 2. The first-order chi connectivity index (χ1) is 14.6. The van der Waals surface area contributed by atoms with Gasteiger partial charge in [-0.15, -0.1) is 0 Å². The molecule has 0 fully saturated rings. The fraction of sp³-hybridized carbons (Fsp3) is 0.174. The van der Waals surface area contributed by atoms with Gasteiger partial charge in [0.15, 0.2) is 11.5 Å². The summed E-state index contributed by atoms with van der Waals surface area (Å²) in [6.07, 6.45) is 7.23. The molecule has 3 rings (SSSR count). The molecule has 0 saturated carbocycles. The van der Waals surface area contributed by atoms with Crippen molar-refractivity contribution in [2.24, 2.45) is 0 Å². The highest BCUT2D eigenvalue weighted by Gasteiger charge is 2.12. The molecule has 7 heteroatoms. The minimum absolute atomic E-state index is 0.202. The minimum atomic E-state index is -0.458. The molecule has 0 saturated heterocycles. The lowest BCUT2D eigenvalue weighted by atomic mass is 10.2. The molecule has 3 aromatic rings. The smallest absolute Gasteiger partial charge is 0.330 e. The first kappa shape index (κ1) is 20.9. The Hall–Kier alpha value is -3.87. The first-order valence-electron chi connectivity index (χ1n) is 9.33. The zero-order valence-corrected chi connectivity index (χ0v) is 16.8. The van der Waals surface area contributed by atoms with E-state index in [9.17, 15) is 9.59 Å². The van der Waals surface area contributed by atoms with Crippen LogP contribution in [0.1, 0.15) is 17.5 Å². The van der Waals surface area contributed by atoms with Crippen molar-refractivity contribution in [1.82, 2.24) is 9.78 Å². The van der Waals surface area contributed by atoms with Gasteiger partial charge >= 0.3 is 11.9 Å². The molecule has 0 N–H and O–H groups in total. The summed E-state index contributed by atoms with van der Waals surface area (Å²) in [5, 5.41) is 4.33. The summed E-state index contributed by atoms with van der Waals surface area (Å²) < 4.78 is 17.1. The summed E-state index contributed by atoms with van der Waals surface area (Å²) in [6, 6.07) is 14.8. The van der Waals surface area contributed by atoms with Gasteiger partial charge in [0.2, 0.25) is 0 Å². The molecule has 0 aliphatic heterocycles. The number of carbonyl (C=O) groups excluding carboxylic acids is 2. The molecular weight excluding hydrogens is 384 g/mol. The predicted octanol–water partition coefficient (Wildman–Crippen LogP) is 3.61. The number of aryl methyl sites for hydroxylation is 1. The lowest BCUT2D eigenvalue weighted by Gasteiger charge is -2.10. The van der Waals surface area contributed by atoms with Crippen LogP contribution in [0, 0.1) is 0 Å². The third-order valence-corrected chi connectivity index (χ3v) is 4.30. The average Bonchev–Trinajstić information content (AvgIpc) is 3.26. The third kappa shape index (κ3) is 5.57. The van der Waals surface area contributed by atoms with Gasteiger partial charge in [-0.3, -0.25) is 4.79 Å². The Labute approximate surface area is 174 Å². The molecule has 154 valence electrons. The highest BCUT2D eigenvalue weighted by molar-refractivity contribution is 5.87. The summed E-state index contributed by atoms with van der Waals surface area (Å²) in [7, 11) is 2.79. The fourth-order valence-corrected chi connectivity index (χ4v) is 2.74. The molecule has 2 aromatic carbocycles. The molecule has 0 amide bonds. The van der Waals surface area contributed by atoms with Crippen LogP contribution in [-0.2, 0) is 20.7 Å². The molecule has 0 atom stereocenters. The van der Waals surface area contributed by atoms with Crippen LogP contribution in [0.4, 0.5) is 0 Å². The Kier molecular flexibility index (Phi) is 7.00. The van der Waals surface area contributed by atoms with E-state index in [1.165, 1.54) is 20.3 Å². The number of esters is 2. The van der Waals surface area contributed by atoms with Gasteiger partial charge in [0, 0.05) is 12.3 Å². The van der Waals surface area contributed by atoms with E-state index in [2.05, 4.69) is 9.84 Å². The monoisotopic (exact) mass is 406 g/mol. The van der Waals surface area contributed by atoms with E-state index in [4.69, 9.17) is 9.47 Å². The molecule has 7 nitrogen and oxygen atoms in total. The van der Waals surface area contributed by atoms with Gasteiger partial charge in [-0.1, -0.05) is 24.3 Å². The normalized spacial score (nSPS) is 10.7. The Bertz CT molecular complexity index is 1040. The van der Waals surface area contributed by atoms with Gasteiger partial charge in [-0.25, -0.2) is 9.48 Å². The van der Waals surface area contributed by atoms with Gasteiger partial charge in [-0.05, 0) is 47.9 Å². The molecular formula is C23H22N2O5. The van der Waals surface area contributed by atoms with Crippen molar-refractivity contribution < 1.29 is 23.8 Å². The van der Waals surface area contributed by atoms with Crippen molar-refractivity contribution in [2.45, 2.75) is 12.8 Å². The summed E-state index contributed by atoms with van der Waals surface area (Å²) in [5.41, 5.74) is 2.61. The van der Waals surface area contributed by atoms with E-state index in [1.807, 2.05) is 36.5 Å². The fourth-order valence-electron chi connectivity index (χ4n) is 2.74. The van der Waals surface area contributed by atoms with E-state index in [1.54, 1.807) is 35.2 Å².